The third kappa shape index (κ3) is 2.18. The number of nitrogens with one attached hydrogen (secondary N) is 1. The van der Waals surface area contributed by atoms with Gasteiger partial charge in [0.2, 0.25) is 5.91 Å². The molecule has 4 heteroatoms. The molecule has 1 aliphatic rings. The third-order valence-corrected chi connectivity index (χ3v) is 3.96. The van der Waals surface area contributed by atoms with Gasteiger partial charge in [-0.2, -0.15) is 0 Å². The molecule has 1 aliphatic heterocycles. The number of thiophene rings is 1. The maximum atomic E-state index is 11.2. The summed E-state index contributed by atoms with van der Waals surface area (Å²) in [6.07, 6.45) is 0.843. The van der Waals surface area contributed by atoms with Crippen LogP contribution in [-0.4, -0.2) is 25.2 Å². The Morgan fingerprint density at radius 2 is 2.29 bits per heavy atom. The van der Waals surface area contributed by atoms with Gasteiger partial charge in [0.25, 0.3) is 0 Å². The highest BCUT2D eigenvalue weighted by molar-refractivity contribution is 7.17. The summed E-state index contributed by atoms with van der Waals surface area (Å²) in [6, 6.07) is 8.46. The summed E-state index contributed by atoms with van der Waals surface area (Å²) in [5.74, 6) is -0.0132. The van der Waals surface area contributed by atoms with Crippen molar-refractivity contribution in [3.8, 4) is 0 Å². The molecule has 1 atom stereocenters. The molecule has 0 saturated carbocycles. The summed E-state index contributed by atoms with van der Waals surface area (Å²) in [5.41, 5.74) is 1.29. The fraction of sp³-hybridized carbons (Fsp3) is 0.308. The highest BCUT2D eigenvalue weighted by atomic mass is 32.1. The zero-order valence-electron chi connectivity index (χ0n) is 9.31. The monoisotopic (exact) mass is 247 g/mol. The molecule has 1 aromatic carbocycles. The minimum Gasteiger partial charge on any atom is -0.369 e. The van der Waals surface area contributed by atoms with Crippen LogP contribution in [-0.2, 0) is 16.0 Å². The molecule has 0 spiro atoms. The van der Waals surface area contributed by atoms with Crippen LogP contribution < -0.4 is 5.32 Å². The third-order valence-electron chi connectivity index (χ3n) is 2.94. The van der Waals surface area contributed by atoms with Crippen molar-refractivity contribution in [3.05, 3.63) is 35.2 Å². The van der Waals surface area contributed by atoms with E-state index in [-0.39, 0.29) is 18.6 Å². The molecule has 0 aliphatic carbocycles. The van der Waals surface area contributed by atoms with Crippen molar-refractivity contribution in [2.75, 3.05) is 13.2 Å². The predicted molar refractivity (Wildman–Crippen MR) is 68.3 cm³/mol. The molecule has 1 unspecified atom stereocenters. The molecule has 1 N–H and O–H groups in total. The van der Waals surface area contributed by atoms with Gasteiger partial charge in [0.15, 0.2) is 0 Å². The average Bonchev–Trinajstić information content (AvgIpc) is 2.73. The van der Waals surface area contributed by atoms with E-state index in [1.807, 2.05) is 6.07 Å². The van der Waals surface area contributed by atoms with Crippen molar-refractivity contribution in [2.24, 2.45) is 0 Å². The van der Waals surface area contributed by atoms with Crippen LogP contribution in [0.5, 0.6) is 0 Å². The maximum absolute atomic E-state index is 11.2. The van der Waals surface area contributed by atoms with Crippen LogP contribution in [0.4, 0.5) is 0 Å². The van der Waals surface area contributed by atoms with Crippen LogP contribution in [0, 0.1) is 0 Å². The first-order valence-corrected chi connectivity index (χ1v) is 6.53. The second-order valence-electron chi connectivity index (χ2n) is 4.24. The van der Waals surface area contributed by atoms with Crippen LogP contribution in [0.3, 0.4) is 0 Å². The zero-order valence-corrected chi connectivity index (χ0v) is 10.1. The van der Waals surface area contributed by atoms with Gasteiger partial charge in [-0.3, -0.25) is 4.79 Å². The maximum Gasteiger partial charge on any atom is 0.246 e. The Morgan fingerprint density at radius 1 is 1.41 bits per heavy atom. The van der Waals surface area contributed by atoms with E-state index in [0.29, 0.717) is 6.61 Å². The Balaban J connectivity index is 1.82. The topological polar surface area (TPSA) is 38.3 Å². The average molecular weight is 247 g/mol. The van der Waals surface area contributed by atoms with Gasteiger partial charge in [0.1, 0.15) is 6.61 Å². The van der Waals surface area contributed by atoms with E-state index >= 15 is 0 Å². The molecule has 1 fully saturated rings. The van der Waals surface area contributed by atoms with Gasteiger partial charge in [-0.15, -0.1) is 11.3 Å². The summed E-state index contributed by atoms with van der Waals surface area (Å²) in [7, 11) is 0. The SMILES string of the molecule is O=C1COCC(Cc2csc3ccccc23)N1. The fourth-order valence-corrected chi connectivity index (χ4v) is 3.15. The van der Waals surface area contributed by atoms with E-state index in [1.54, 1.807) is 11.3 Å². The van der Waals surface area contributed by atoms with Crippen molar-refractivity contribution >= 4 is 27.3 Å². The first kappa shape index (κ1) is 10.7. The number of morpholine rings is 1. The van der Waals surface area contributed by atoms with Gasteiger partial charge in [0, 0.05) is 4.70 Å². The number of amides is 1. The van der Waals surface area contributed by atoms with Gasteiger partial charge in [-0.05, 0) is 28.8 Å². The lowest BCUT2D eigenvalue weighted by atomic mass is 10.0. The van der Waals surface area contributed by atoms with Gasteiger partial charge in [-0.25, -0.2) is 0 Å². The van der Waals surface area contributed by atoms with Gasteiger partial charge < -0.3 is 10.1 Å². The zero-order chi connectivity index (χ0) is 11.7. The van der Waals surface area contributed by atoms with Crippen LogP contribution in [0.25, 0.3) is 10.1 Å². The number of carbonyl (C=O) groups excluding carboxylic acids is 1. The second-order valence-corrected chi connectivity index (χ2v) is 5.15. The van der Waals surface area contributed by atoms with Crippen LogP contribution in [0.15, 0.2) is 29.6 Å². The lowest BCUT2D eigenvalue weighted by molar-refractivity contribution is -0.131. The summed E-state index contributed by atoms with van der Waals surface area (Å²) < 4.78 is 6.54. The van der Waals surface area contributed by atoms with E-state index in [2.05, 4.69) is 28.9 Å². The fourth-order valence-electron chi connectivity index (χ4n) is 2.17. The number of carbonyl (C=O) groups is 1. The molecule has 88 valence electrons. The first-order valence-electron chi connectivity index (χ1n) is 5.65. The van der Waals surface area contributed by atoms with Crippen molar-refractivity contribution in [1.29, 1.82) is 0 Å². The summed E-state index contributed by atoms with van der Waals surface area (Å²) in [4.78, 5) is 11.2. The van der Waals surface area contributed by atoms with E-state index in [1.165, 1.54) is 15.6 Å². The van der Waals surface area contributed by atoms with E-state index in [9.17, 15) is 4.79 Å². The van der Waals surface area contributed by atoms with E-state index in [0.717, 1.165) is 6.42 Å². The standard InChI is InChI=1S/C13H13NO2S/c15-13-7-16-6-10(14-13)5-9-8-17-12-4-2-1-3-11(9)12/h1-4,8,10H,5-7H2,(H,14,15). The number of fused-ring (bicyclic) bond motifs is 1. The minimum absolute atomic E-state index is 0.0132. The van der Waals surface area contributed by atoms with E-state index < -0.39 is 0 Å². The number of ether oxygens (including phenoxy) is 1. The molecule has 1 saturated heterocycles. The minimum atomic E-state index is -0.0132. The van der Waals surface area contributed by atoms with Crippen LogP contribution >= 0.6 is 11.3 Å². The molecular weight excluding hydrogens is 234 g/mol. The predicted octanol–water partition coefficient (Wildman–Crippen LogP) is 1.96. The number of hydrogen-bond donors (Lipinski definition) is 1. The van der Waals surface area contributed by atoms with Crippen molar-refractivity contribution in [1.82, 2.24) is 5.32 Å². The Hall–Kier alpha value is -1.39. The smallest absolute Gasteiger partial charge is 0.246 e. The van der Waals surface area contributed by atoms with Crippen molar-refractivity contribution in [2.45, 2.75) is 12.5 Å². The Kier molecular flexibility index (Phi) is 2.82. The normalized spacial score (nSPS) is 20.5. The lowest BCUT2D eigenvalue weighted by Gasteiger charge is -2.23. The molecule has 3 nitrogen and oxygen atoms in total. The van der Waals surface area contributed by atoms with Crippen LogP contribution in [0.1, 0.15) is 5.56 Å². The molecular formula is C13H13NO2S. The highest BCUT2D eigenvalue weighted by Gasteiger charge is 2.19. The molecule has 3 rings (SSSR count). The number of benzene rings is 1. The first-order chi connectivity index (χ1) is 8.33. The number of rotatable bonds is 2. The van der Waals surface area contributed by atoms with Crippen molar-refractivity contribution in [3.63, 3.8) is 0 Å². The molecule has 1 amide bonds. The largest absolute Gasteiger partial charge is 0.369 e. The molecule has 2 heterocycles. The summed E-state index contributed by atoms with van der Waals surface area (Å²) in [6.45, 7) is 0.802. The van der Waals surface area contributed by atoms with Gasteiger partial charge in [0.05, 0.1) is 12.6 Å². The molecule has 0 bridgehead atoms. The summed E-state index contributed by atoms with van der Waals surface area (Å²) >= 11 is 1.75. The van der Waals surface area contributed by atoms with Crippen molar-refractivity contribution < 1.29 is 9.53 Å². The Bertz CT molecular complexity index is 549. The Morgan fingerprint density at radius 3 is 3.18 bits per heavy atom. The van der Waals surface area contributed by atoms with Crippen LogP contribution in [0.2, 0.25) is 0 Å². The summed E-state index contributed by atoms with van der Waals surface area (Å²) in [5, 5.41) is 6.42. The molecule has 17 heavy (non-hydrogen) atoms. The number of hydrogen-bond acceptors (Lipinski definition) is 3. The van der Waals surface area contributed by atoms with E-state index in [4.69, 9.17) is 4.74 Å². The lowest BCUT2D eigenvalue weighted by Crippen LogP contribution is -2.46. The van der Waals surface area contributed by atoms with Gasteiger partial charge in [-0.1, -0.05) is 18.2 Å². The Labute approximate surface area is 103 Å². The molecule has 2 aromatic rings. The molecule has 0 radical (unpaired) electrons. The highest BCUT2D eigenvalue weighted by Crippen LogP contribution is 2.26. The second kappa shape index (κ2) is 4.47. The van der Waals surface area contributed by atoms with Gasteiger partial charge >= 0.3 is 0 Å². The molecule has 1 aromatic heterocycles. The quantitative estimate of drug-likeness (QED) is 0.881.